The fourth-order valence-corrected chi connectivity index (χ4v) is 2.27. The number of aromatic carboxylic acids is 1. The van der Waals surface area contributed by atoms with Crippen molar-refractivity contribution >= 4 is 44.8 Å². The van der Waals surface area contributed by atoms with Crippen LogP contribution in [0.15, 0.2) is 33.6 Å². The molecule has 1 aromatic heterocycles. The average Bonchev–Trinajstić information content (AvgIpc) is 2.85. The molecular formula is C11H7BrN2O3S. The van der Waals surface area contributed by atoms with Crippen molar-refractivity contribution in [2.24, 2.45) is 0 Å². The van der Waals surface area contributed by atoms with Crippen LogP contribution in [0.2, 0.25) is 0 Å². The maximum absolute atomic E-state index is 11.7. The van der Waals surface area contributed by atoms with Gasteiger partial charge >= 0.3 is 5.97 Å². The zero-order chi connectivity index (χ0) is 13.1. The molecule has 0 fully saturated rings. The summed E-state index contributed by atoms with van der Waals surface area (Å²) in [5.74, 6) is -1.35. The zero-order valence-corrected chi connectivity index (χ0v) is 11.3. The zero-order valence-electron chi connectivity index (χ0n) is 8.88. The summed E-state index contributed by atoms with van der Waals surface area (Å²) in [4.78, 5) is 26.4. The molecule has 1 aromatic carbocycles. The SMILES string of the molecule is O=C(O)c1ccc(NC(=O)c2cscn2)c(Br)c1. The van der Waals surface area contributed by atoms with E-state index in [-0.39, 0.29) is 11.5 Å². The molecular weight excluding hydrogens is 320 g/mol. The number of hydrogen-bond donors (Lipinski definition) is 2. The van der Waals surface area contributed by atoms with Gasteiger partial charge in [-0.1, -0.05) is 0 Å². The van der Waals surface area contributed by atoms with Crippen molar-refractivity contribution in [3.8, 4) is 0 Å². The minimum atomic E-state index is -1.02. The number of amides is 1. The fourth-order valence-electron chi connectivity index (χ4n) is 1.26. The van der Waals surface area contributed by atoms with Crippen LogP contribution in [-0.4, -0.2) is 22.0 Å². The Morgan fingerprint density at radius 3 is 2.72 bits per heavy atom. The quantitative estimate of drug-likeness (QED) is 0.908. The smallest absolute Gasteiger partial charge is 0.335 e. The second kappa shape index (κ2) is 5.28. The van der Waals surface area contributed by atoms with Crippen molar-refractivity contribution in [3.05, 3.63) is 44.8 Å². The highest BCUT2D eigenvalue weighted by Gasteiger charge is 2.11. The lowest BCUT2D eigenvalue weighted by Gasteiger charge is -2.06. The molecule has 0 radical (unpaired) electrons. The number of thiazole rings is 1. The predicted octanol–water partition coefficient (Wildman–Crippen LogP) is 2.86. The molecule has 0 spiro atoms. The van der Waals surface area contributed by atoms with Crippen LogP contribution < -0.4 is 5.32 Å². The first-order chi connectivity index (χ1) is 8.58. The summed E-state index contributed by atoms with van der Waals surface area (Å²) < 4.78 is 0.506. The van der Waals surface area contributed by atoms with Crippen molar-refractivity contribution in [2.75, 3.05) is 5.32 Å². The number of carbonyl (C=O) groups is 2. The van der Waals surface area contributed by atoms with Gasteiger partial charge in [-0.25, -0.2) is 9.78 Å². The van der Waals surface area contributed by atoms with Gasteiger partial charge in [-0.05, 0) is 34.1 Å². The number of hydrogen-bond acceptors (Lipinski definition) is 4. The van der Waals surface area contributed by atoms with E-state index in [0.717, 1.165) is 0 Å². The Hall–Kier alpha value is -1.73. The molecule has 2 aromatic rings. The Morgan fingerprint density at radius 1 is 1.39 bits per heavy atom. The molecule has 7 heteroatoms. The molecule has 0 unspecified atom stereocenters. The van der Waals surface area contributed by atoms with Gasteiger partial charge in [0, 0.05) is 9.85 Å². The maximum Gasteiger partial charge on any atom is 0.335 e. The summed E-state index contributed by atoms with van der Waals surface area (Å²) in [6.07, 6.45) is 0. The molecule has 0 saturated heterocycles. The number of nitrogens with zero attached hydrogens (tertiary/aromatic N) is 1. The first-order valence-electron chi connectivity index (χ1n) is 4.80. The van der Waals surface area contributed by atoms with Gasteiger partial charge in [0.15, 0.2) is 0 Å². The lowest BCUT2D eigenvalue weighted by molar-refractivity contribution is 0.0696. The number of nitrogens with one attached hydrogen (secondary N) is 1. The Balaban J connectivity index is 2.20. The lowest BCUT2D eigenvalue weighted by atomic mass is 10.2. The number of aromatic nitrogens is 1. The van der Waals surface area contributed by atoms with Crippen molar-refractivity contribution < 1.29 is 14.7 Å². The van der Waals surface area contributed by atoms with Crippen LogP contribution in [0.4, 0.5) is 5.69 Å². The number of anilines is 1. The van der Waals surface area contributed by atoms with Gasteiger partial charge in [-0.2, -0.15) is 0 Å². The van der Waals surface area contributed by atoms with E-state index in [2.05, 4.69) is 26.2 Å². The molecule has 0 aliphatic heterocycles. The first-order valence-corrected chi connectivity index (χ1v) is 6.54. The third kappa shape index (κ3) is 2.74. The maximum atomic E-state index is 11.7. The van der Waals surface area contributed by atoms with Gasteiger partial charge in [0.05, 0.1) is 16.8 Å². The topological polar surface area (TPSA) is 79.3 Å². The minimum absolute atomic E-state index is 0.147. The number of carbonyl (C=O) groups excluding carboxylic acids is 1. The third-order valence-electron chi connectivity index (χ3n) is 2.13. The van der Waals surface area contributed by atoms with E-state index in [1.54, 1.807) is 10.9 Å². The van der Waals surface area contributed by atoms with Crippen LogP contribution in [0.5, 0.6) is 0 Å². The number of benzene rings is 1. The Bertz CT molecular complexity index is 598. The number of carboxylic acids is 1. The molecule has 1 amide bonds. The van der Waals surface area contributed by atoms with E-state index >= 15 is 0 Å². The molecule has 92 valence electrons. The summed E-state index contributed by atoms with van der Waals surface area (Å²) in [6.45, 7) is 0. The monoisotopic (exact) mass is 326 g/mol. The van der Waals surface area contributed by atoms with E-state index in [4.69, 9.17) is 5.11 Å². The first kappa shape index (κ1) is 12.7. The van der Waals surface area contributed by atoms with Crippen molar-refractivity contribution in [1.82, 2.24) is 4.98 Å². The molecule has 0 atom stereocenters. The highest BCUT2D eigenvalue weighted by atomic mass is 79.9. The standard InChI is InChI=1S/C11H7BrN2O3S/c12-7-3-6(11(16)17)1-2-8(7)14-10(15)9-4-18-5-13-9/h1-5H,(H,14,15)(H,16,17). The van der Waals surface area contributed by atoms with Gasteiger partial charge in [0.2, 0.25) is 0 Å². The van der Waals surface area contributed by atoms with E-state index < -0.39 is 5.97 Å². The van der Waals surface area contributed by atoms with Crippen LogP contribution in [0.1, 0.15) is 20.8 Å². The second-order valence-electron chi connectivity index (χ2n) is 3.33. The van der Waals surface area contributed by atoms with Gasteiger partial charge in [0.25, 0.3) is 5.91 Å². The fraction of sp³-hybridized carbons (Fsp3) is 0. The lowest BCUT2D eigenvalue weighted by Crippen LogP contribution is -2.12. The van der Waals surface area contributed by atoms with E-state index in [1.807, 2.05) is 0 Å². The summed E-state index contributed by atoms with van der Waals surface area (Å²) in [5, 5.41) is 13.1. The Morgan fingerprint density at radius 2 is 2.17 bits per heavy atom. The number of carboxylic acid groups (broad SMARTS) is 1. The summed E-state index contributed by atoms with van der Waals surface area (Å²) in [7, 11) is 0. The average molecular weight is 327 g/mol. The second-order valence-corrected chi connectivity index (χ2v) is 4.90. The number of halogens is 1. The third-order valence-corrected chi connectivity index (χ3v) is 3.37. The van der Waals surface area contributed by atoms with Crippen molar-refractivity contribution in [1.29, 1.82) is 0 Å². The normalized spacial score (nSPS) is 10.1. The minimum Gasteiger partial charge on any atom is -0.478 e. The predicted molar refractivity (Wildman–Crippen MR) is 71.2 cm³/mol. The van der Waals surface area contributed by atoms with Crippen LogP contribution in [0.3, 0.4) is 0 Å². The largest absolute Gasteiger partial charge is 0.478 e. The van der Waals surface area contributed by atoms with E-state index in [0.29, 0.717) is 15.9 Å². The summed E-state index contributed by atoms with van der Waals surface area (Å²) in [5.41, 5.74) is 2.54. The number of rotatable bonds is 3. The molecule has 0 aliphatic carbocycles. The van der Waals surface area contributed by atoms with Gasteiger partial charge < -0.3 is 10.4 Å². The molecule has 0 aliphatic rings. The molecule has 2 rings (SSSR count). The van der Waals surface area contributed by atoms with Crippen molar-refractivity contribution in [2.45, 2.75) is 0 Å². The molecule has 1 heterocycles. The van der Waals surface area contributed by atoms with Gasteiger partial charge in [-0.3, -0.25) is 4.79 Å². The highest BCUT2D eigenvalue weighted by molar-refractivity contribution is 9.10. The van der Waals surface area contributed by atoms with Crippen LogP contribution >= 0.6 is 27.3 Å². The summed E-state index contributed by atoms with van der Waals surface area (Å²) >= 11 is 4.54. The highest BCUT2D eigenvalue weighted by Crippen LogP contribution is 2.24. The molecule has 5 nitrogen and oxygen atoms in total. The van der Waals surface area contributed by atoms with Gasteiger partial charge in [0.1, 0.15) is 5.69 Å². The van der Waals surface area contributed by atoms with Crippen LogP contribution in [0.25, 0.3) is 0 Å². The van der Waals surface area contributed by atoms with Crippen LogP contribution in [0, 0.1) is 0 Å². The Labute approximate surface area is 115 Å². The molecule has 2 N–H and O–H groups in total. The Kier molecular flexibility index (Phi) is 3.73. The summed E-state index contributed by atoms with van der Waals surface area (Å²) in [6, 6.07) is 4.38. The van der Waals surface area contributed by atoms with E-state index in [9.17, 15) is 9.59 Å². The molecule has 18 heavy (non-hydrogen) atoms. The molecule has 0 saturated carbocycles. The molecule has 0 bridgehead atoms. The van der Waals surface area contributed by atoms with E-state index in [1.165, 1.54) is 29.5 Å². The van der Waals surface area contributed by atoms with Crippen LogP contribution in [-0.2, 0) is 0 Å². The van der Waals surface area contributed by atoms with Gasteiger partial charge in [-0.15, -0.1) is 11.3 Å². The van der Waals surface area contributed by atoms with Crippen molar-refractivity contribution in [3.63, 3.8) is 0 Å².